The first-order valence-electron chi connectivity index (χ1n) is 11.6. The highest BCUT2D eigenvalue weighted by atomic mass is 79.9. The molecule has 3 aromatic carbocycles. The number of carbonyl (C=O) groups excluding carboxylic acids is 2. The second-order valence-electron chi connectivity index (χ2n) is 8.83. The van der Waals surface area contributed by atoms with Gasteiger partial charge in [0.15, 0.2) is 11.5 Å². The van der Waals surface area contributed by atoms with Crippen LogP contribution in [0.1, 0.15) is 17.2 Å². The molecule has 2 aliphatic rings. The topological polar surface area (TPSA) is 88.5 Å². The van der Waals surface area contributed by atoms with E-state index >= 15 is 0 Å². The molecule has 2 aliphatic heterocycles. The molecule has 37 heavy (non-hydrogen) atoms. The summed E-state index contributed by atoms with van der Waals surface area (Å²) in [7, 11) is 5.39. The zero-order valence-electron chi connectivity index (χ0n) is 20.5. The number of ketones is 1. The molecule has 1 fully saturated rings. The van der Waals surface area contributed by atoms with E-state index in [2.05, 4.69) is 15.9 Å². The second-order valence-corrected chi connectivity index (χ2v) is 9.69. The van der Waals surface area contributed by atoms with E-state index in [9.17, 15) is 14.7 Å². The molecule has 0 saturated carbocycles. The van der Waals surface area contributed by atoms with Gasteiger partial charge in [-0.3, -0.25) is 14.5 Å². The highest BCUT2D eigenvalue weighted by Gasteiger charge is 2.47. The Morgan fingerprint density at radius 3 is 2.35 bits per heavy atom. The number of anilines is 2. The van der Waals surface area contributed by atoms with Gasteiger partial charge in [0, 0.05) is 37.1 Å². The van der Waals surface area contributed by atoms with Gasteiger partial charge >= 0.3 is 0 Å². The van der Waals surface area contributed by atoms with Gasteiger partial charge in [-0.1, -0.05) is 12.1 Å². The molecule has 1 atom stereocenters. The van der Waals surface area contributed by atoms with Gasteiger partial charge in [0.05, 0.1) is 23.2 Å². The number of carbonyl (C=O) groups is 2. The van der Waals surface area contributed by atoms with Crippen LogP contribution in [0.3, 0.4) is 0 Å². The van der Waals surface area contributed by atoms with Crippen LogP contribution in [0, 0.1) is 0 Å². The molecular formula is C28H25BrN2O6. The molecule has 0 aliphatic carbocycles. The van der Waals surface area contributed by atoms with Crippen LogP contribution in [0.2, 0.25) is 0 Å². The monoisotopic (exact) mass is 564 g/mol. The molecule has 3 aromatic rings. The lowest BCUT2D eigenvalue weighted by Crippen LogP contribution is -2.29. The molecule has 0 aromatic heterocycles. The van der Waals surface area contributed by atoms with Crippen LogP contribution in [0.15, 0.2) is 70.7 Å². The highest BCUT2D eigenvalue weighted by molar-refractivity contribution is 9.10. The quantitative estimate of drug-likeness (QED) is 0.267. The fraction of sp³-hybridized carbons (Fsp3) is 0.214. The van der Waals surface area contributed by atoms with Gasteiger partial charge in [0.1, 0.15) is 24.7 Å². The number of methoxy groups -OCH3 is 1. The van der Waals surface area contributed by atoms with Crippen LogP contribution < -0.4 is 24.0 Å². The predicted molar refractivity (Wildman–Crippen MR) is 144 cm³/mol. The van der Waals surface area contributed by atoms with Crippen molar-refractivity contribution in [1.29, 1.82) is 0 Å². The van der Waals surface area contributed by atoms with Crippen molar-refractivity contribution in [1.82, 2.24) is 0 Å². The molecule has 9 heteroatoms. The molecular weight excluding hydrogens is 540 g/mol. The maximum atomic E-state index is 13.5. The summed E-state index contributed by atoms with van der Waals surface area (Å²) in [5, 5.41) is 11.4. The Bertz CT molecular complexity index is 1420. The maximum Gasteiger partial charge on any atom is 0.300 e. The SMILES string of the molecule is COc1ccc(/C(O)=C2\C(=O)C(=O)N(c3ccc4c(c3)OCCO4)C2c2ccc(N(C)C)cc2)cc1Br. The van der Waals surface area contributed by atoms with Gasteiger partial charge < -0.3 is 24.2 Å². The molecule has 0 radical (unpaired) electrons. The summed E-state index contributed by atoms with van der Waals surface area (Å²) >= 11 is 3.42. The molecule has 1 N–H and O–H groups in total. The molecule has 0 spiro atoms. The van der Waals surface area contributed by atoms with Crippen molar-refractivity contribution >= 4 is 44.8 Å². The fourth-order valence-electron chi connectivity index (χ4n) is 4.52. The number of fused-ring (bicyclic) bond motifs is 1. The van der Waals surface area contributed by atoms with Gasteiger partial charge in [-0.15, -0.1) is 0 Å². The minimum atomic E-state index is -0.861. The van der Waals surface area contributed by atoms with Crippen LogP contribution in [-0.2, 0) is 9.59 Å². The number of benzene rings is 3. The molecule has 1 amide bonds. The average Bonchev–Trinajstić information content (AvgIpc) is 3.18. The minimum absolute atomic E-state index is 0.00504. The number of ether oxygens (including phenoxy) is 3. The van der Waals surface area contributed by atoms with Crippen molar-refractivity contribution in [2.75, 3.05) is 44.2 Å². The van der Waals surface area contributed by atoms with Crippen molar-refractivity contribution in [2.45, 2.75) is 6.04 Å². The Hall–Kier alpha value is -3.98. The van der Waals surface area contributed by atoms with E-state index in [0.29, 0.717) is 51.7 Å². The molecule has 0 bridgehead atoms. The third kappa shape index (κ3) is 4.40. The number of nitrogens with zero attached hydrogens (tertiary/aromatic N) is 2. The lowest BCUT2D eigenvalue weighted by molar-refractivity contribution is -0.132. The lowest BCUT2D eigenvalue weighted by atomic mass is 9.95. The summed E-state index contributed by atoms with van der Waals surface area (Å²) in [5.74, 6) is -0.158. The number of amides is 1. The number of hydrogen-bond donors (Lipinski definition) is 1. The van der Waals surface area contributed by atoms with Crippen molar-refractivity contribution in [3.8, 4) is 17.2 Å². The van der Waals surface area contributed by atoms with Crippen LogP contribution in [0.4, 0.5) is 11.4 Å². The van der Waals surface area contributed by atoms with Crippen molar-refractivity contribution in [3.05, 3.63) is 81.8 Å². The van der Waals surface area contributed by atoms with Crippen LogP contribution in [0.5, 0.6) is 17.2 Å². The highest BCUT2D eigenvalue weighted by Crippen LogP contribution is 2.45. The van der Waals surface area contributed by atoms with E-state index in [1.54, 1.807) is 36.4 Å². The third-order valence-corrected chi connectivity index (χ3v) is 7.02. The number of halogens is 1. The van der Waals surface area contributed by atoms with Gasteiger partial charge in [0.2, 0.25) is 0 Å². The first-order chi connectivity index (χ1) is 17.8. The van der Waals surface area contributed by atoms with E-state index < -0.39 is 17.7 Å². The number of aliphatic hydroxyl groups is 1. The average molecular weight is 565 g/mol. The van der Waals surface area contributed by atoms with E-state index in [1.807, 2.05) is 43.3 Å². The van der Waals surface area contributed by atoms with Crippen LogP contribution >= 0.6 is 15.9 Å². The minimum Gasteiger partial charge on any atom is -0.507 e. The maximum absolute atomic E-state index is 13.5. The van der Waals surface area contributed by atoms with Gasteiger partial charge in [-0.05, 0) is 64.0 Å². The fourth-order valence-corrected chi connectivity index (χ4v) is 5.06. The van der Waals surface area contributed by atoms with E-state index in [4.69, 9.17) is 14.2 Å². The van der Waals surface area contributed by atoms with Crippen molar-refractivity contribution in [3.63, 3.8) is 0 Å². The summed E-state index contributed by atoms with van der Waals surface area (Å²) in [6.45, 7) is 0.823. The Morgan fingerprint density at radius 2 is 1.70 bits per heavy atom. The predicted octanol–water partition coefficient (Wildman–Crippen LogP) is 4.92. The zero-order valence-corrected chi connectivity index (χ0v) is 22.1. The second kappa shape index (κ2) is 9.82. The molecule has 5 rings (SSSR count). The van der Waals surface area contributed by atoms with Gasteiger partial charge in [0.25, 0.3) is 11.7 Å². The first kappa shape index (κ1) is 24.7. The molecule has 8 nitrogen and oxygen atoms in total. The van der Waals surface area contributed by atoms with E-state index in [-0.39, 0.29) is 11.3 Å². The Labute approximate surface area is 222 Å². The summed E-state index contributed by atoms with van der Waals surface area (Å²) in [6.07, 6.45) is 0. The largest absolute Gasteiger partial charge is 0.507 e. The Balaban J connectivity index is 1.68. The van der Waals surface area contributed by atoms with Crippen LogP contribution in [0.25, 0.3) is 5.76 Å². The van der Waals surface area contributed by atoms with Gasteiger partial charge in [-0.25, -0.2) is 0 Å². The first-order valence-corrected chi connectivity index (χ1v) is 12.4. The molecule has 2 heterocycles. The normalized spacial score (nSPS) is 18.2. The van der Waals surface area contributed by atoms with Crippen molar-refractivity contribution < 1.29 is 28.9 Å². The molecule has 1 saturated heterocycles. The molecule has 190 valence electrons. The van der Waals surface area contributed by atoms with Crippen molar-refractivity contribution in [2.24, 2.45) is 0 Å². The number of Topliss-reactive ketones (excluding diaryl/α,β-unsaturated/α-hetero) is 1. The lowest BCUT2D eigenvalue weighted by Gasteiger charge is -2.27. The third-order valence-electron chi connectivity index (χ3n) is 6.40. The number of rotatable bonds is 5. The Kier molecular flexibility index (Phi) is 6.55. The smallest absolute Gasteiger partial charge is 0.300 e. The Morgan fingerprint density at radius 1 is 1.00 bits per heavy atom. The van der Waals surface area contributed by atoms with E-state index in [1.165, 1.54) is 12.0 Å². The standard InChI is InChI=1S/C28H25BrN2O6/c1-30(2)18-7-4-16(5-8-18)25-24(26(32)17-6-10-21(35-3)20(29)14-17)27(33)28(34)31(25)19-9-11-22-23(15-19)37-13-12-36-22/h4-11,14-15,25,32H,12-13H2,1-3H3/b26-24+. The van der Waals surface area contributed by atoms with Gasteiger partial charge in [-0.2, -0.15) is 0 Å². The molecule has 1 unspecified atom stereocenters. The zero-order chi connectivity index (χ0) is 26.3. The summed E-state index contributed by atoms with van der Waals surface area (Å²) in [5.41, 5.74) is 2.47. The summed E-state index contributed by atoms with van der Waals surface area (Å²) < 4.78 is 17.2. The number of aliphatic hydroxyl groups excluding tert-OH is 1. The van der Waals surface area contributed by atoms with E-state index in [0.717, 1.165) is 5.69 Å². The van der Waals surface area contributed by atoms with Crippen LogP contribution in [-0.4, -0.2) is 51.2 Å². The summed E-state index contributed by atoms with van der Waals surface area (Å²) in [4.78, 5) is 30.3. The summed E-state index contributed by atoms with van der Waals surface area (Å²) in [6, 6.07) is 16.7. The number of hydrogen-bond acceptors (Lipinski definition) is 7.